The van der Waals surface area contributed by atoms with Gasteiger partial charge in [-0.2, -0.15) is 0 Å². The molecule has 6 heteroatoms. The lowest BCUT2D eigenvalue weighted by Crippen LogP contribution is -2.23. The molecule has 1 N–H and O–H groups in total. The molecule has 25 heavy (non-hydrogen) atoms. The Bertz CT molecular complexity index is 774. The predicted molar refractivity (Wildman–Crippen MR) is 97.4 cm³/mol. The molecule has 0 radical (unpaired) electrons. The van der Waals surface area contributed by atoms with Gasteiger partial charge in [0.1, 0.15) is 0 Å². The van der Waals surface area contributed by atoms with E-state index in [0.717, 1.165) is 5.56 Å². The number of benzene rings is 2. The number of rotatable bonds is 6. The zero-order chi connectivity index (χ0) is 18.4. The van der Waals surface area contributed by atoms with E-state index in [9.17, 15) is 9.59 Å². The Balaban J connectivity index is 1.99. The predicted octanol–water partition coefficient (Wildman–Crippen LogP) is 3.00. The maximum Gasteiger partial charge on any atom is 0.262 e. The first-order chi connectivity index (χ1) is 11.9. The van der Waals surface area contributed by atoms with Crippen molar-refractivity contribution < 1.29 is 19.1 Å². The van der Waals surface area contributed by atoms with Crippen molar-refractivity contribution in [1.82, 2.24) is 0 Å². The molecule has 0 aliphatic carbocycles. The summed E-state index contributed by atoms with van der Waals surface area (Å²) in [7, 11) is 3.23. The highest BCUT2D eigenvalue weighted by molar-refractivity contribution is 5.94. The van der Waals surface area contributed by atoms with Crippen LogP contribution in [0.4, 0.5) is 11.4 Å². The number of anilines is 2. The summed E-state index contributed by atoms with van der Waals surface area (Å²) >= 11 is 0. The van der Waals surface area contributed by atoms with E-state index in [0.29, 0.717) is 22.9 Å². The molecule has 0 unspecified atom stereocenters. The van der Waals surface area contributed by atoms with E-state index in [4.69, 9.17) is 9.47 Å². The van der Waals surface area contributed by atoms with Gasteiger partial charge in [-0.25, -0.2) is 0 Å². The van der Waals surface area contributed by atoms with Gasteiger partial charge in [0.15, 0.2) is 18.1 Å². The van der Waals surface area contributed by atoms with Crippen molar-refractivity contribution in [1.29, 1.82) is 0 Å². The van der Waals surface area contributed by atoms with Crippen LogP contribution in [0.3, 0.4) is 0 Å². The van der Waals surface area contributed by atoms with Gasteiger partial charge in [-0.15, -0.1) is 0 Å². The number of aryl methyl sites for hydroxylation is 1. The third-order valence-electron chi connectivity index (χ3n) is 3.67. The molecule has 132 valence electrons. The molecule has 2 rings (SSSR count). The van der Waals surface area contributed by atoms with Gasteiger partial charge in [0, 0.05) is 25.3 Å². The van der Waals surface area contributed by atoms with Crippen molar-refractivity contribution in [2.24, 2.45) is 0 Å². The van der Waals surface area contributed by atoms with Crippen molar-refractivity contribution in [3.63, 3.8) is 0 Å². The summed E-state index contributed by atoms with van der Waals surface area (Å²) in [5.41, 5.74) is 2.33. The first-order valence-corrected chi connectivity index (χ1v) is 7.82. The van der Waals surface area contributed by atoms with E-state index in [1.54, 1.807) is 44.5 Å². The summed E-state index contributed by atoms with van der Waals surface area (Å²) in [6, 6.07) is 12.5. The number of ether oxygens (including phenoxy) is 2. The number of nitrogens with zero attached hydrogens (tertiary/aromatic N) is 1. The minimum absolute atomic E-state index is 0.0849. The van der Waals surface area contributed by atoms with E-state index in [1.807, 2.05) is 19.1 Å². The van der Waals surface area contributed by atoms with Crippen LogP contribution in [0.2, 0.25) is 0 Å². The Morgan fingerprint density at radius 1 is 1.12 bits per heavy atom. The molecule has 2 aromatic carbocycles. The quantitative estimate of drug-likeness (QED) is 0.876. The summed E-state index contributed by atoms with van der Waals surface area (Å²) in [6.45, 7) is 3.28. The van der Waals surface area contributed by atoms with Crippen molar-refractivity contribution in [3.8, 4) is 11.5 Å². The van der Waals surface area contributed by atoms with E-state index in [2.05, 4.69) is 5.32 Å². The molecule has 0 saturated carbocycles. The molecular weight excluding hydrogens is 320 g/mol. The smallest absolute Gasteiger partial charge is 0.262 e. The standard InChI is InChI=1S/C19H22N2O4/c1-13-8-9-17(18(10-13)24-4)25-12-19(23)20-15-6-5-7-16(11-15)21(3)14(2)22/h5-11H,12H2,1-4H3,(H,20,23). The van der Waals surface area contributed by atoms with Gasteiger partial charge in [-0.05, 0) is 42.8 Å². The minimum atomic E-state index is -0.301. The van der Waals surface area contributed by atoms with Gasteiger partial charge >= 0.3 is 0 Å². The molecule has 0 aliphatic rings. The van der Waals surface area contributed by atoms with E-state index < -0.39 is 0 Å². The molecule has 6 nitrogen and oxygen atoms in total. The molecule has 0 atom stereocenters. The summed E-state index contributed by atoms with van der Waals surface area (Å²) in [6.07, 6.45) is 0. The molecular formula is C19H22N2O4. The first kappa shape index (κ1) is 18.3. The van der Waals surface area contributed by atoms with Crippen molar-refractivity contribution in [3.05, 3.63) is 48.0 Å². The minimum Gasteiger partial charge on any atom is -0.493 e. The molecule has 0 spiro atoms. The molecule has 0 fully saturated rings. The molecule has 0 bridgehead atoms. The number of carbonyl (C=O) groups excluding carboxylic acids is 2. The SMILES string of the molecule is COc1cc(C)ccc1OCC(=O)Nc1cccc(N(C)C(C)=O)c1. The first-order valence-electron chi connectivity index (χ1n) is 7.82. The average molecular weight is 342 g/mol. The van der Waals surface area contributed by atoms with Crippen LogP contribution in [0.1, 0.15) is 12.5 Å². The lowest BCUT2D eigenvalue weighted by molar-refractivity contribution is -0.118. The molecule has 0 aromatic heterocycles. The second-order valence-electron chi connectivity index (χ2n) is 5.62. The maximum absolute atomic E-state index is 12.1. The normalized spacial score (nSPS) is 10.1. The fraction of sp³-hybridized carbons (Fsp3) is 0.263. The lowest BCUT2D eigenvalue weighted by Gasteiger charge is -2.16. The van der Waals surface area contributed by atoms with Crippen LogP contribution in [0.15, 0.2) is 42.5 Å². The number of nitrogens with one attached hydrogen (secondary N) is 1. The highest BCUT2D eigenvalue weighted by atomic mass is 16.5. The molecule has 2 aromatic rings. The number of amides is 2. The van der Waals surface area contributed by atoms with Crippen LogP contribution in [-0.2, 0) is 9.59 Å². The van der Waals surface area contributed by atoms with E-state index >= 15 is 0 Å². The number of methoxy groups -OCH3 is 1. The van der Waals surface area contributed by atoms with Crippen molar-refractivity contribution in [2.45, 2.75) is 13.8 Å². The second kappa shape index (κ2) is 8.19. The Labute approximate surface area is 147 Å². The van der Waals surface area contributed by atoms with Crippen LogP contribution in [0.25, 0.3) is 0 Å². The summed E-state index contributed by atoms with van der Waals surface area (Å²) in [4.78, 5) is 25.0. The zero-order valence-corrected chi connectivity index (χ0v) is 14.8. The fourth-order valence-corrected chi connectivity index (χ4v) is 2.21. The van der Waals surface area contributed by atoms with Crippen LogP contribution in [0, 0.1) is 6.92 Å². The Hall–Kier alpha value is -3.02. The van der Waals surface area contributed by atoms with Gasteiger partial charge in [0.05, 0.1) is 7.11 Å². The largest absolute Gasteiger partial charge is 0.493 e. The third kappa shape index (κ3) is 4.97. The third-order valence-corrected chi connectivity index (χ3v) is 3.67. The van der Waals surface area contributed by atoms with Crippen molar-refractivity contribution >= 4 is 23.2 Å². The van der Waals surface area contributed by atoms with E-state index in [-0.39, 0.29) is 18.4 Å². The van der Waals surface area contributed by atoms with Gasteiger partial charge in [0.25, 0.3) is 5.91 Å². The number of hydrogen-bond donors (Lipinski definition) is 1. The van der Waals surface area contributed by atoms with E-state index in [1.165, 1.54) is 11.8 Å². The molecule has 0 aliphatic heterocycles. The van der Waals surface area contributed by atoms with Gasteiger partial charge in [-0.3, -0.25) is 9.59 Å². The summed E-state index contributed by atoms with van der Waals surface area (Å²) in [5.74, 6) is 0.703. The summed E-state index contributed by atoms with van der Waals surface area (Å²) < 4.78 is 10.8. The van der Waals surface area contributed by atoms with Crippen LogP contribution < -0.4 is 19.7 Å². The Morgan fingerprint density at radius 2 is 1.88 bits per heavy atom. The second-order valence-corrected chi connectivity index (χ2v) is 5.62. The van der Waals surface area contributed by atoms with Crippen LogP contribution in [-0.4, -0.2) is 32.6 Å². The molecule has 0 saturated heterocycles. The van der Waals surface area contributed by atoms with Crippen LogP contribution in [0.5, 0.6) is 11.5 Å². The fourth-order valence-electron chi connectivity index (χ4n) is 2.21. The van der Waals surface area contributed by atoms with Gasteiger partial charge in [-0.1, -0.05) is 12.1 Å². The summed E-state index contributed by atoms with van der Waals surface area (Å²) in [5, 5.41) is 2.75. The Kier molecular flexibility index (Phi) is 6.00. The molecule has 2 amide bonds. The average Bonchev–Trinajstić information content (AvgIpc) is 2.60. The van der Waals surface area contributed by atoms with Gasteiger partial charge in [0.2, 0.25) is 5.91 Å². The zero-order valence-electron chi connectivity index (χ0n) is 14.8. The van der Waals surface area contributed by atoms with Crippen molar-refractivity contribution in [2.75, 3.05) is 31.0 Å². The maximum atomic E-state index is 12.1. The highest BCUT2D eigenvalue weighted by Crippen LogP contribution is 2.27. The highest BCUT2D eigenvalue weighted by Gasteiger charge is 2.10. The lowest BCUT2D eigenvalue weighted by atomic mass is 10.2. The number of hydrogen-bond acceptors (Lipinski definition) is 4. The van der Waals surface area contributed by atoms with Crippen LogP contribution >= 0.6 is 0 Å². The monoisotopic (exact) mass is 342 g/mol. The Morgan fingerprint density at radius 3 is 2.56 bits per heavy atom. The van der Waals surface area contributed by atoms with Gasteiger partial charge < -0.3 is 19.7 Å². The topological polar surface area (TPSA) is 67.9 Å². The number of carbonyl (C=O) groups is 2. The molecule has 0 heterocycles.